The Morgan fingerprint density at radius 2 is 1.79 bits per heavy atom. The summed E-state index contributed by atoms with van der Waals surface area (Å²) in [5.41, 5.74) is 2.63. The summed E-state index contributed by atoms with van der Waals surface area (Å²) in [5.74, 6) is 2.35. The van der Waals surface area contributed by atoms with Gasteiger partial charge in [0.15, 0.2) is 5.96 Å². The quantitative estimate of drug-likeness (QED) is 0.412. The van der Waals surface area contributed by atoms with E-state index in [0.717, 1.165) is 25.0 Å². The number of nitrogens with zero attached hydrogens (tertiary/aromatic N) is 2. The fourth-order valence-corrected chi connectivity index (χ4v) is 2.80. The van der Waals surface area contributed by atoms with E-state index in [9.17, 15) is 0 Å². The third-order valence-corrected chi connectivity index (χ3v) is 4.45. The van der Waals surface area contributed by atoms with Crippen LogP contribution < -0.4 is 15.5 Å². The van der Waals surface area contributed by atoms with Crippen molar-refractivity contribution in [3.8, 4) is 0 Å². The first-order valence-electron chi connectivity index (χ1n) is 8.87. The molecule has 0 saturated carbocycles. The van der Waals surface area contributed by atoms with Crippen LogP contribution in [0.4, 0.5) is 5.69 Å². The number of halogens is 1. The van der Waals surface area contributed by atoms with Crippen LogP contribution in [-0.4, -0.2) is 32.6 Å². The maximum atomic E-state index is 4.26. The number of hydrogen-bond donors (Lipinski definition) is 2. The summed E-state index contributed by atoms with van der Waals surface area (Å²) in [6.07, 6.45) is 2.61. The summed E-state index contributed by atoms with van der Waals surface area (Å²) < 4.78 is 0. The van der Waals surface area contributed by atoms with Crippen molar-refractivity contribution in [3.05, 3.63) is 29.8 Å². The van der Waals surface area contributed by atoms with Crippen LogP contribution in [0.3, 0.4) is 0 Å². The van der Waals surface area contributed by atoms with Crippen LogP contribution in [-0.2, 0) is 6.54 Å². The van der Waals surface area contributed by atoms with E-state index in [0.29, 0.717) is 5.92 Å². The van der Waals surface area contributed by atoms with Crippen molar-refractivity contribution >= 4 is 35.6 Å². The van der Waals surface area contributed by atoms with Crippen molar-refractivity contribution in [2.24, 2.45) is 16.8 Å². The summed E-state index contributed by atoms with van der Waals surface area (Å²) in [7, 11) is 1.82. The highest BCUT2D eigenvalue weighted by Gasteiger charge is 2.15. The van der Waals surface area contributed by atoms with Gasteiger partial charge in [-0.2, -0.15) is 0 Å². The minimum absolute atomic E-state index is 0. The number of benzene rings is 1. The van der Waals surface area contributed by atoms with Crippen molar-refractivity contribution < 1.29 is 0 Å². The molecule has 1 fully saturated rings. The summed E-state index contributed by atoms with van der Waals surface area (Å²) in [5, 5.41) is 6.71. The van der Waals surface area contributed by atoms with Crippen LogP contribution in [0.15, 0.2) is 29.3 Å². The topological polar surface area (TPSA) is 39.7 Å². The van der Waals surface area contributed by atoms with Crippen molar-refractivity contribution in [1.82, 2.24) is 10.6 Å². The molecule has 2 rings (SSSR count). The average molecular weight is 444 g/mol. The highest BCUT2D eigenvalue weighted by Crippen LogP contribution is 2.23. The molecule has 1 aromatic carbocycles. The number of aliphatic imine (C=N–C) groups is 1. The highest BCUT2D eigenvalue weighted by atomic mass is 127. The second-order valence-electron chi connectivity index (χ2n) is 7.04. The molecule has 2 N–H and O–H groups in total. The van der Waals surface area contributed by atoms with Gasteiger partial charge in [0.05, 0.1) is 0 Å². The molecule has 1 aliphatic rings. The predicted molar refractivity (Wildman–Crippen MR) is 116 cm³/mol. The standard InChI is InChI=1S/C19H32N4.HI/c1-15(2)13-21-19(20-4)22-14-17-5-7-18(8-6-17)23-11-9-16(3)10-12-23;/h5-8,15-16H,9-14H2,1-4H3,(H2,20,21,22);1H. The van der Waals surface area contributed by atoms with E-state index in [4.69, 9.17) is 0 Å². The predicted octanol–water partition coefficient (Wildman–Crippen LogP) is 3.86. The zero-order valence-electron chi connectivity index (χ0n) is 15.5. The Balaban J connectivity index is 0.00000288. The van der Waals surface area contributed by atoms with Crippen molar-refractivity contribution in [3.63, 3.8) is 0 Å². The lowest BCUT2D eigenvalue weighted by Crippen LogP contribution is -2.38. The van der Waals surface area contributed by atoms with Crippen LogP contribution in [0.5, 0.6) is 0 Å². The Hall–Kier alpha value is -0.980. The lowest BCUT2D eigenvalue weighted by Gasteiger charge is -2.32. The summed E-state index contributed by atoms with van der Waals surface area (Å²) in [4.78, 5) is 6.76. The van der Waals surface area contributed by atoms with Gasteiger partial charge in [-0.05, 0) is 42.4 Å². The zero-order chi connectivity index (χ0) is 16.7. The third kappa shape index (κ3) is 6.87. The molecule has 0 aliphatic carbocycles. The minimum Gasteiger partial charge on any atom is -0.372 e. The van der Waals surface area contributed by atoms with E-state index in [1.165, 1.54) is 37.2 Å². The van der Waals surface area contributed by atoms with Gasteiger partial charge in [-0.1, -0.05) is 32.9 Å². The van der Waals surface area contributed by atoms with E-state index >= 15 is 0 Å². The van der Waals surface area contributed by atoms with Crippen molar-refractivity contribution in [1.29, 1.82) is 0 Å². The van der Waals surface area contributed by atoms with Gasteiger partial charge < -0.3 is 15.5 Å². The van der Waals surface area contributed by atoms with E-state index < -0.39 is 0 Å². The molecule has 0 amide bonds. The lowest BCUT2D eigenvalue weighted by molar-refractivity contribution is 0.438. The van der Waals surface area contributed by atoms with Crippen LogP contribution in [0.25, 0.3) is 0 Å². The van der Waals surface area contributed by atoms with E-state index in [2.05, 4.69) is 65.6 Å². The lowest BCUT2D eigenvalue weighted by atomic mass is 9.99. The zero-order valence-corrected chi connectivity index (χ0v) is 17.8. The first kappa shape index (κ1) is 21.1. The van der Waals surface area contributed by atoms with Gasteiger partial charge in [0.25, 0.3) is 0 Å². The molecule has 1 saturated heterocycles. The molecule has 0 unspecified atom stereocenters. The molecule has 0 atom stereocenters. The van der Waals surface area contributed by atoms with Gasteiger partial charge in [0, 0.05) is 38.9 Å². The molecule has 4 nitrogen and oxygen atoms in total. The Bertz CT molecular complexity index is 491. The number of nitrogens with one attached hydrogen (secondary N) is 2. The summed E-state index contributed by atoms with van der Waals surface area (Å²) in [6, 6.07) is 8.93. The van der Waals surface area contributed by atoms with Crippen molar-refractivity contribution in [2.75, 3.05) is 31.6 Å². The van der Waals surface area contributed by atoms with E-state index in [1.54, 1.807) is 0 Å². The smallest absolute Gasteiger partial charge is 0.191 e. The molecule has 0 aromatic heterocycles. The fourth-order valence-electron chi connectivity index (χ4n) is 2.80. The van der Waals surface area contributed by atoms with Crippen LogP contribution >= 0.6 is 24.0 Å². The number of guanidine groups is 1. The van der Waals surface area contributed by atoms with Crippen molar-refractivity contribution in [2.45, 2.75) is 40.2 Å². The first-order chi connectivity index (χ1) is 11.1. The average Bonchev–Trinajstić information content (AvgIpc) is 2.56. The Morgan fingerprint density at radius 1 is 1.17 bits per heavy atom. The molecule has 0 bridgehead atoms. The Labute approximate surface area is 164 Å². The molecule has 1 heterocycles. The van der Waals surface area contributed by atoms with Gasteiger partial charge >= 0.3 is 0 Å². The van der Waals surface area contributed by atoms with Crippen LogP contribution in [0.2, 0.25) is 0 Å². The number of piperidine rings is 1. The Morgan fingerprint density at radius 3 is 2.33 bits per heavy atom. The molecule has 1 aliphatic heterocycles. The second kappa shape index (κ2) is 10.8. The molecular formula is C19H33IN4. The SMILES string of the molecule is CN=C(NCc1ccc(N2CCC(C)CC2)cc1)NCC(C)C.I. The molecular weight excluding hydrogens is 411 g/mol. The third-order valence-electron chi connectivity index (χ3n) is 4.45. The van der Waals surface area contributed by atoms with Gasteiger partial charge in [0.2, 0.25) is 0 Å². The summed E-state index contributed by atoms with van der Waals surface area (Å²) >= 11 is 0. The second-order valence-corrected chi connectivity index (χ2v) is 7.04. The van der Waals surface area contributed by atoms with Crippen LogP contribution in [0.1, 0.15) is 39.2 Å². The largest absolute Gasteiger partial charge is 0.372 e. The maximum absolute atomic E-state index is 4.26. The molecule has 1 aromatic rings. The van der Waals surface area contributed by atoms with Gasteiger partial charge in [0.1, 0.15) is 0 Å². The van der Waals surface area contributed by atoms with Gasteiger partial charge in [-0.15, -0.1) is 24.0 Å². The number of hydrogen-bond acceptors (Lipinski definition) is 2. The first-order valence-corrected chi connectivity index (χ1v) is 8.87. The number of anilines is 1. The fraction of sp³-hybridized carbons (Fsp3) is 0.632. The molecule has 24 heavy (non-hydrogen) atoms. The highest BCUT2D eigenvalue weighted by molar-refractivity contribution is 14.0. The minimum atomic E-state index is 0. The molecule has 0 radical (unpaired) electrons. The van der Waals surface area contributed by atoms with Crippen LogP contribution in [0, 0.1) is 11.8 Å². The number of rotatable bonds is 5. The molecule has 5 heteroatoms. The van der Waals surface area contributed by atoms with E-state index in [-0.39, 0.29) is 24.0 Å². The normalized spacial score (nSPS) is 16.0. The van der Waals surface area contributed by atoms with E-state index in [1.807, 2.05) is 7.05 Å². The maximum Gasteiger partial charge on any atom is 0.191 e. The monoisotopic (exact) mass is 444 g/mol. The van der Waals surface area contributed by atoms with Gasteiger partial charge in [-0.3, -0.25) is 4.99 Å². The summed E-state index contributed by atoms with van der Waals surface area (Å²) in [6.45, 7) is 10.9. The molecule has 0 spiro atoms. The molecule has 136 valence electrons. The Kier molecular flexibility index (Phi) is 9.48. The van der Waals surface area contributed by atoms with Gasteiger partial charge in [-0.25, -0.2) is 0 Å².